The fourth-order valence-corrected chi connectivity index (χ4v) is 1.69. The van der Waals surface area contributed by atoms with E-state index >= 15 is 0 Å². The van der Waals surface area contributed by atoms with Crippen LogP contribution < -0.4 is 4.74 Å². The van der Waals surface area contributed by atoms with Crippen LogP contribution in [0.15, 0.2) is 42.5 Å². The maximum absolute atomic E-state index is 9.61. The monoisotopic (exact) mass is 274 g/mol. The highest BCUT2D eigenvalue weighted by Gasteiger charge is 2.07. The summed E-state index contributed by atoms with van der Waals surface area (Å²) in [6.07, 6.45) is 0.987. The van der Waals surface area contributed by atoms with E-state index in [1.54, 1.807) is 6.07 Å². The summed E-state index contributed by atoms with van der Waals surface area (Å²) >= 11 is 0. The van der Waals surface area contributed by atoms with Gasteiger partial charge in [0.25, 0.3) is 0 Å². The molecule has 2 aromatic rings. The third kappa shape index (κ3) is 4.19. The number of rotatable bonds is 4. The third-order valence-corrected chi connectivity index (χ3v) is 2.84. The lowest BCUT2D eigenvalue weighted by atomic mass is 10.1. The summed E-state index contributed by atoms with van der Waals surface area (Å²) in [5.74, 6) is 0.801. The average molecular weight is 274 g/mol. The van der Waals surface area contributed by atoms with Crippen molar-refractivity contribution in [3.63, 3.8) is 0 Å². The number of aryl methyl sites for hydroxylation is 1. The molecule has 0 saturated heterocycles. The van der Waals surface area contributed by atoms with E-state index in [-0.39, 0.29) is 18.1 Å². The van der Waals surface area contributed by atoms with Crippen LogP contribution in [-0.2, 0) is 13.0 Å². The fraction of sp³-hybridized carbons (Fsp3) is 0.294. The highest BCUT2D eigenvalue weighted by Crippen LogP contribution is 2.27. The van der Waals surface area contributed by atoms with E-state index in [4.69, 9.17) is 4.74 Å². The zero-order valence-electron chi connectivity index (χ0n) is 12.3. The molecule has 3 nitrogen and oxygen atoms in total. The third-order valence-electron chi connectivity index (χ3n) is 2.84. The van der Waals surface area contributed by atoms with Crippen molar-refractivity contribution in [3.05, 3.63) is 53.6 Å². The van der Waals surface area contributed by atoms with Crippen LogP contribution in [0.25, 0.3) is 0 Å². The van der Waals surface area contributed by atoms with Crippen molar-refractivity contribution >= 4 is 0 Å². The van der Waals surface area contributed by atoms with Gasteiger partial charge in [0.1, 0.15) is 23.9 Å². The lowest BCUT2D eigenvalue weighted by Crippen LogP contribution is -1.96. The van der Waals surface area contributed by atoms with Crippen LogP contribution in [0.3, 0.4) is 0 Å². The molecule has 20 heavy (non-hydrogen) atoms. The normalized spacial score (nSPS) is 9.55. The zero-order chi connectivity index (χ0) is 15.0. The van der Waals surface area contributed by atoms with E-state index in [2.05, 4.69) is 6.92 Å². The van der Waals surface area contributed by atoms with Gasteiger partial charge in [0.05, 0.1) is 5.56 Å². The summed E-state index contributed by atoms with van der Waals surface area (Å²) in [4.78, 5) is 0. The van der Waals surface area contributed by atoms with E-state index < -0.39 is 0 Å². The van der Waals surface area contributed by atoms with Gasteiger partial charge in [-0.15, -0.1) is 0 Å². The van der Waals surface area contributed by atoms with E-state index in [9.17, 15) is 10.2 Å². The number of benzene rings is 2. The molecule has 0 heterocycles. The first-order valence-corrected chi connectivity index (χ1v) is 6.92. The van der Waals surface area contributed by atoms with Crippen molar-refractivity contribution in [1.29, 1.82) is 0 Å². The van der Waals surface area contributed by atoms with Crippen molar-refractivity contribution in [1.82, 2.24) is 0 Å². The van der Waals surface area contributed by atoms with Gasteiger partial charge in [0.15, 0.2) is 0 Å². The number of hydrogen-bond donors (Lipinski definition) is 2. The Morgan fingerprint density at radius 1 is 0.900 bits per heavy atom. The molecule has 0 atom stereocenters. The first-order chi connectivity index (χ1) is 9.70. The van der Waals surface area contributed by atoms with Gasteiger partial charge < -0.3 is 14.9 Å². The molecule has 0 aromatic heterocycles. The molecule has 0 amide bonds. The molecule has 0 saturated carbocycles. The van der Waals surface area contributed by atoms with E-state index in [0.29, 0.717) is 5.56 Å². The molecule has 0 radical (unpaired) electrons. The first kappa shape index (κ1) is 15.9. The van der Waals surface area contributed by atoms with Gasteiger partial charge in [-0.1, -0.05) is 39.0 Å². The maximum Gasteiger partial charge on any atom is 0.125 e. The van der Waals surface area contributed by atoms with Gasteiger partial charge in [-0.25, -0.2) is 0 Å². The Bertz CT molecular complexity index is 498. The van der Waals surface area contributed by atoms with Crippen LogP contribution in [0.5, 0.6) is 17.2 Å². The molecule has 3 heteroatoms. The molecule has 0 aliphatic heterocycles. The van der Waals surface area contributed by atoms with E-state index in [1.165, 1.54) is 17.7 Å². The van der Waals surface area contributed by atoms with Crippen LogP contribution in [0.4, 0.5) is 0 Å². The summed E-state index contributed by atoms with van der Waals surface area (Å²) in [5.41, 5.74) is 1.64. The van der Waals surface area contributed by atoms with E-state index in [0.717, 1.165) is 12.2 Å². The smallest absolute Gasteiger partial charge is 0.125 e. The quantitative estimate of drug-likeness (QED) is 0.875. The van der Waals surface area contributed by atoms with Crippen LogP contribution in [0.2, 0.25) is 0 Å². The minimum atomic E-state index is 0.0418. The average Bonchev–Trinajstić information content (AvgIpc) is 2.49. The van der Waals surface area contributed by atoms with Crippen LogP contribution >= 0.6 is 0 Å². The van der Waals surface area contributed by atoms with Gasteiger partial charge in [0, 0.05) is 0 Å². The lowest BCUT2D eigenvalue weighted by molar-refractivity contribution is 0.291. The van der Waals surface area contributed by atoms with Crippen molar-refractivity contribution in [3.8, 4) is 17.2 Å². The zero-order valence-corrected chi connectivity index (χ0v) is 12.3. The molecule has 2 aromatic carbocycles. The summed E-state index contributed by atoms with van der Waals surface area (Å²) in [6.45, 7) is 6.24. The SMILES string of the molecule is CC.CCc1ccc(OCc2c(O)cccc2O)cc1. The predicted molar refractivity (Wildman–Crippen MR) is 81.3 cm³/mol. The Balaban J connectivity index is 0.000000956. The largest absolute Gasteiger partial charge is 0.507 e. The summed E-state index contributed by atoms with van der Waals surface area (Å²) < 4.78 is 5.53. The lowest BCUT2D eigenvalue weighted by Gasteiger charge is -2.09. The maximum atomic E-state index is 9.61. The molecule has 0 unspecified atom stereocenters. The molecule has 0 aliphatic carbocycles. The molecule has 0 spiro atoms. The molecule has 2 N–H and O–H groups in total. The topological polar surface area (TPSA) is 49.7 Å². The second kappa shape index (κ2) is 8.10. The van der Waals surface area contributed by atoms with Gasteiger partial charge in [0.2, 0.25) is 0 Å². The number of ether oxygens (including phenoxy) is 1. The van der Waals surface area contributed by atoms with Crippen molar-refractivity contribution in [2.45, 2.75) is 33.8 Å². The van der Waals surface area contributed by atoms with Gasteiger partial charge >= 0.3 is 0 Å². The molecule has 0 aliphatic rings. The molecule has 2 rings (SSSR count). The van der Waals surface area contributed by atoms with Crippen molar-refractivity contribution in [2.75, 3.05) is 0 Å². The second-order valence-corrected chi connectivity index (χ2v) is 4.06. The Labute approximate surface area is 120 Å². The van der Waals surface area contributed by atoms with E-state index in [1.807, 2.05) is 38.1 Å². The predicted octanol–water partition coefficient (Wildman–Crippen LogP) is 4.27. The van der Waals surface area contributed by atoms with Gasteiger partial charge in [-0.05, 0) is 36.2 Å². The molecular formula is C17H22O3. The van der Waals surface area contributed by atoms with Crippen LogP contribution in [0, 0.1) is 0 Å². The summed E-state index contributed by atoms with van der Waals surface area (Å²) in [6, 6.07) is 12.4. The Hall–Kier alpha value is -2.16. The molecular weight excluding hydrogens is 252 g/mol. The first-order valence-electron chi connectivity index (χ1n) is 6.92. The minimum absolute atomic E-state index is 0.0418. The standard InChI is InChI=1S/C15H16O3.C2H6/c1-2-11-6-8-12(9-7-11)18-10-13-14(16)4-3-5-15(13)17;1-2/h3-9,16-17H,2,10H2,1H3;1-2H3. The van der Waals surface area contributed by atoms with Gasteiger partial charge in [-0.3, -0.25) is 0 Å². The Morgan fingerprint density at radius 3 is 1.95 bits per heavy atom. The second-order valence-electron chi connectivity index (χ2n) is 4.06. The molecule has 0 fully saturated rings. The number of phenolic OH excluding ortho intramolecular Hbond substituents is 2. The summed E-state index contributed by atoms with van der Waals surface area (Å²) in [5, 5.41) is 19.2. The molecule has 108 valence electrons. The van der Waals surface area contributed by atoms with Crippen LogP contribution in [0.1, 0.15) is 31.9 Å². The molecule has 0 bridgehead atoms. The highest BCUT2D eigenvalue weighted by atomic mass is 16.5. The van der Waals surface area contributed by atoms with Crippen LogP contribution in [-0.4, -0.2) is 10.2 Å². The van der Waals surface area contributed by atoms with Gasteiger partial charge in [-0.2, -0.15) is 0 Å². The van der Waals surface area contributed by atoms with Crippen molar-refractivity contribution in [2.24, 2.45) is 0 Å². The fourth-order valence-electron chi connectivity index (χ4n) is 1.69. The summed E-state index contributed by atoms with van der Waals surface area (Å²) in [7, 11) is 0. The minimum Gasteiger partial charge on any atom is -0.507 e. The highest BCUT2D eigenvalue weighted by molar-refractivity contribution is 5.42. The van der Waals surface area contributed by atoms with Crippen molar-refractivity contribution < 1.29 is 14.9 Å². The number of phenols is 2. The number of hydrogen-bond acceptors (Lipinski definition) is 3. The Morgan fingerprint density at radius 2 is 1.45 bits per heavy atom. The number of aromatic hydroxyl groups is 2. The Kier molecular flexibility index (Phi) is 6.44.